The Hall–Kier alpha value is -3.45. The lowest BCUT2D eigenvalue weighted by molar-refractivity contribution is -0.142. The van der Waals surface area contributed by atoms with Gasteiger partial charge in [-0.25, -0.2) is 18.0 Å². The third kappa shape index (κ3) is 6.78. The molecule has 2 rings (SSSR count). The lowest BCUT2D eigenvalue weighted by atomic mass is 10.2. The maximum absolute atomic E-state index is 12.5. The highest BCUT2D eigenvalue weighted by atomic mass is 32.2. The van der Waals surface area contributed by atoms with E-state index in [0.717, 1.165) is 0 Å². The molecule has 0 saturated carbocycles. The average molecular weight is 497 g/mol. The van der Waals surface area contributed by atoms with Crippen LogP contribution >= 0.6 is 0 Å². The van der Waals surface area contributed by atoms with Crippen LogP contribution in [0, 0.1) is 0 Å². The first-order chi connectivity index (χ1) is 16.1. The highest BCUT2D eigenvalue weighted by Gasteiger charge is 2.25. The van der Waals surface area contributed by atoms with Crippen LogP contribution in [0.5, 0.6) is 0 Å². The number of nitrogens with one attached hydrogen (secondary N) is 3. The molecule has 13 heteroatoms. The second kappa shape index (κ2) is 12.1. The Morgan fingerprint density at radius 2 is 1.71 bits per heavy atom. The lowest BCUT2D eigenvalue weighted by Gasteiger charge is -2.21. The van der Waals surface area contributed by atoms with Gasteiger partial charge < -0.3 is 25.4 Å². The molecule has 1 aromatic rings. The monoisotopic (exact) mass is 496 g/mol. The number of nitrogens with zero attached hydrogens (tertiary/aromatic N) is 1. The number of esters is 2. The van der Waals surface area contributed by atoms with Crippen molar-refractivity contribution in [2.45, 2.75) is 25.7 Å². The standard InChI is InChI=1S/C21H28N4O8S/c1-4-25(5-2)34(30,31)15-9-7-14(8-10-15)19(27)22-12-18(26)33-13-17-16(20(28)32-6-3)11-23-21(29)24-17/h7-10H,4-6,11-13H2,1-3H3,(H,22,27)(H2,23,24,29). The number of hydrogen-bond acceptors (Lipinski definition) is 8. The van der Waals surface area contributed by atoms with E-state index in [0.29, 0.717) is 13.1 Å². The number of rotatable bonds is 11. The van der Waals surface area contributed by atoms with Crippen molar-refractivity contribution in [1.82, 2.24) is 20.3 Å². The normalized spacial score (nSPS) is 13.7. The Labute approximate surface area is 197 Å². The third-order valence-corrected chi connectivity index (χ3v) is 6.87. The zero-order valence-electron chi connectivity index (χ0n) is 19.2. The summed E-state index contributed by atoms with van der Waals surface area (Å²) in [6.07, 6.45) is 0. The van der Waals surface area contributed by atoms with E-state index in [9.17, 15) is 27.6 Å². The van der Waals surface area contributed by atoms with Gasteiger partial charge in [0.05, 0.1) is 29.3 Å². The Bertz CT molecular complexity index is 1060. The van der Waals surface area contributed by atoms with Crippen molar-refractivity contribution >= 4 is 33.9 Å². The van der Waals surface area contributed by atoms with E-state index < -0.39 is 47.1 Å². The van der Waals surface area contributed by atoms with Gasteiger partial charge in [0.2, 0.25) is 10.0 Å². The summed E-state index contributed by atoms with van der Waals surface area (Å²) >= 11 is 0. The molecule has 0 aromatic heterocycles. The fourth-order valence-corrected chi connectivity index (χ4v) is 4.48. The highest BCUT2D eigenvalue weighted by molar-refractivity contribution is 7.89. The SMILES string of the molecule is CCOC(=O)C1=C(COC(=O)CNC(=O)c2ccc(S(=O)(=O)N(CC)CC)cc2)NC(=O)NC1. The molecular formula is C21H28N4O8S. The highest BCUT2D eigenvalue weighted by Crippen LogP contribution is 2.16. The van der Waals surface area contributed by atoms with E-state index in [1.54, 1.807) is 20.8 Å². The van der Waals surface area contributed by atoms with Crippen molar-refractivity contribution < 1.29 is 37.1 Å². The second-order valence-corrected chi connectivity index (χ2v) is 8.88. The summed E-state index contributed by atoms with van der Waals surface area (Å²) in [5.74, 6) is -2.07. The van der Waals surface area contributed by atoms with Gasteiger partial charge in [0.25, 0.3) is 5.91 Å². The van der Waals surface area contributed by atoms with Crippen LogP contribution in [0.15, 0.2) is 40.4 Å². The van der Waals surface area contributed by atoms with E-state index in [1.807, 2.05) is 0 Å². The maximum Gasteiger partial charge on any atom is 0.337 e. The summed E-state index contributed by atoms with van der Waals surface area (Å²) in [7, 11) is -3.65. The molecule has 0 spiro atoms. The Kier molecular flexibility index (Phi) is 9.57. The molecule has 0 saturated heterocycles. The minimum atomic E-state index is -3.65. The van der Waals surface area contributed by atoms with Crippen LogP contribution in [0.3, 0.4) is 0 Å². The minimum absolute atomic E-state index is 0.0573. The molecule has 0 bridgehead atoms. The molecule has 3 amide bonds. The summed E-state index contributed by atoms with van der Waals surface area (Å²) in [5, 5.41) is 7.20. The molecule has 34 heavy (non-hydrogen) atoms. The molecule has 1 aliphatic heterocycles. The van der Waals surface area contributed by atoms with Crippen LogP contribution in [0.1, 0.15) is 31.1 Å². The zero-order chi connectivity index (χ0) is 25.3. The fourth-order valence-electron chi connectivity index (χ4n) is 3.02. The summed E-state index contributed by atoms with van der Waals surface area (Å²) < 4.78 is 36.3. The van der Waals surface area contributed by atoms with Gasteiger partial charge in [-0.15, -0.1) is 0 Å². The molecule has 0 fully saturated rings. The third-order valence-electron chi connectivity index (χ3n) is 4.81. The minimum Gasteiger partial charge on any atom is -0.463 e. The number of ether oxygens (including phenoxy) is 2. The lowest BCUT2D eigenvalue weighted by Crippen LogP contribution is -2.45. The summed E-state index contributed by atoms with van der Waals surface area (Å²) in [6.45, 7) is 4.92. The number of benzene rings is 1. The number of amides is 3. The Morgan fingerprint density at radius 3 is 2.29 bits per heavy atom. The molecule has 0 unspecified atom stereocenters. The molecule has 1 aromatic carbocycles. The van der Waals surface area contributed by atoms with Gasteiger partial charge >= 0.3 is 18.0 Å². The van der Waals surface area contributed by atoms with Crippen LogP contribution in [0.25, 0.3) is 0 Å². The van der Waals surface area contributed by atoms with Gasteiger partial charge in [0.1, 0.15) is 13.2 Å². The number of hydrogen-bond donors (Lipinski definition) is 3. The Morgan fingerprint density at radius 1 is 1.06 bits per heavy atom. The maximum atomic E-state index is 12.5. The Balaban J connectivity index is 1.94. The number of urea groups is 1. The zero-order valence-corrected chi connectivity index (χ0v) is 20.0. The molecule has 12 nitrogen and oxygen atoms in total. The van der Waals surface area contributed by atoms with E-state index in [2.05, 4.69) is 16.0 Å². The number of carbonyl (C=O) groups is 4. The second-order valence-electron chi connectivity index (χ2n) is 6.94. The molecule has 0 atom stereocenters. The van der Waals surface area contributed by atoms with E-state index in [4.69, 9.17) is 9.47 Å². The molecule has 0 radical (unpaired) electrons. The summed E-state index contributed by atoms with van der Waals surface area (Å²) in [6, 6.07) is 4.78. The van der Waals surface area contributed by atoms with Crippen LogP contribution in [-0.4, -0.2) is 76.0 Å². The first kappa shape index (κ1) is 26.8. The molecule has 3 N–H and O–H groups in total. The van der Waals surface area contributed by atoms with E-state index in [1.165, 1.54) is 28.6 Å². The first-order valence-electron chi connectivity index (χ1n) is 10.6. The van der Waals surface area contributed by atoms with Crippen LogP contribution in [-0.2, 0) is 29.1 Å². The predicted octanol–water partition coefficient (Wildman–Crippen LogP) is 0.120. The average Bonchev–Trinajstić information content (AvgIpc) is 2.82. The predicted molar refractivity (Wildman–Crippen MR) is 120 cm³/mol. The van der Waals surface area contributed by atoms with Crippen molar-refractivity contribution in [2.75, 3.05) is 39.4 Å². The van der Waals surface area contributed by atoms with E-state index in [-0.39, 0.29) is 34.9 Å². The van der Waals surface area contributed by atoms with Gasteiger partial charge in [-0.3, -0.25) is 9.59 Å². The van der Waals surface area contributed by atoms with Gasteiger partial charge in [-0.2, -0.15) is 4.31 Å². The van der Waals surface area contributed by atoms with Crippen molar-refractivity contribution in [3.63, 3.8) is 0 Å². The van der Waals surface area contributed by atoms with Crippen LogP contribution < -0.4 is 16.0 Å². The van der Waals surface area contributed by atoms with Crippen molar-refractivity contribution in [3.05, 3.63) is 41.1 Å². The molecule has 186 valence electrons. The fraction of sp³-hybridized carbons (Fsp3) is 0.429. The summed E-state index contributed by atoms with van der Waals surface area (Å²) in [4.78, 5) is 47.9. The van der Waals surface area contributed by atoms with E-state index >= 15 is 0 Å². The molecule has 1 aliphatic rings. The molecular weight excluding hydrogens is 468 g/mol. The quantitative estimate of drug-likeness (QED) is 0.364. The molecule has 0 aliphatic carbocycles. The molecule has 1 heterocycles. The van der Waals surface area contributed by atoms with Crippen molar-refractivity contribution in [2.24, 2.45) is 0 Å². The van der Waals surface area contributed by atoms with Gasteiger partial charge in [0.15, 0.2) is 0 Å². The number of sulfonamides is 1. The topological polar surface area (TPSA) is 160 Å². The largest absolute Gasteiger partial charge is 0.463 e. The van der Waals surface area contributed by atoms with Crippen molar-refractivity contribution in [1.29, 1.82) is 0 Å². The number of carbonyl (C=O) groups excluding carboxylic acids is 4. The first-order valence-corrected chi connectivity index (χ1v) is 12.1. The van der Waals surface area contributed by atoms with Gasteiger partial charge in [-0.1, -0.05) is 13.8 Å². The smallest absolute Gasteiger partial charge is 0.337 e. The van der Waals surface area contributed by atoms with Crippen LogP contribution in [0.2, 0.25) is 0 Å². The van der Waals surface area contributed by atoms with Crippen molar-refractivity contribution in [3.8, 4) is 0 Å². The van der Waals surface area contributed by atoms with Gasteiger partial charge in [-0.05, 0) is 31.2 Å². The summed E-state index contributed by atoms with van der Waals surface area (Å²) in [5.41, 5.74) is 0.370. The van der Waals surface area contributed by atoms with Gasteiger partial charge in [0, 0.05) is 18.7 Å². The van der Waals surface area contributed by atoms with Crippen LogP contribution in [0.4, 0.5) is 4.79 Å².